The lowest BCUT2D eigenvalue weighted by Gasteiger charge is -2.35. The second-order valence-electron chi connectivity index (χ2n) is 6.68. The van der Waals surface area contributed by atoms with E-state index in [0.717, 1.165) is 29.0 Å². The minimum Gasteiger partial charge on any atom is -0.497 e. The summed E-state index contributed by atoms with van der Waals surface area (Å²) in [6.07, 6.45) is 1.26. The summed E-state index contributed by atoms with van der Waals surface area (Å²) >= 11 is 0. The summed E-state index contributed by atoms with van der Waals surface area (Å²) in [6.45, 7) is 0.219. The highest BCUT2D eigenvalue weighted by atomic mass is 16.7. The lowest BCUT2D eigenvalue weighted by molar-refractivity contribution is -0.122. The lowest BCUT2D eigenvalue weighted by Crippen LogP contribution is -2.35. The SMILES string of the molecule is COc1ccc(C2c3cc4c(cc3OC3CCC(=O)C32)OCO4)cc1. The fourth-order valence-corrected chi connectivity index (χ4v) is 4.21. The van der Waals surface area contributed by atoms with Crippen molar-refractivity contribution in [2.45, 2.75) is 24.9 Å². The summed E-state index contributed by atoms with van der Waals surface area (Å²) in [5.41, 5.74) is 2.08. The van der Waals surface area contributed by atoms with E-state index >= 15 is 0 Å². The monoisotopic (exact) mass is 338 g/mol. The third-order valence-corrected chi connectivity index (χ3v) is 5.40. The molecule has 3 unspecified atom stereocenters. The minimum atomic E-state index is -0.152. The molecule has 0 saturated heterocycles. The van der Waals surface area contributed by atoms with Gasteiger partial charge in [0.05, 0.1) is 13.0 Å². The molecular weight excluding hydrogens is 320 g/mol. The predicted octanol–water partition coefficient (Wildman–Crippen LogP) is 3.30. The molecule has 1 aliphatic carbocycles. The standard InChI is InChI=1S/C20H18O5/c1-22-12-4-2-11(3-5-12)19-13-8-17-18(24-10-23-17)9-16(13)25-15-7-6-14(21)20(15)19/h2-5,8-9,15,19-20H,6-7,10H2,1H3. The maximum absolute atomic E-state index is 12.6. The average Bonchev–Trinajstić information content (AvgIpc) is 3.24. The zero-order valence-electron chi connectivity index (χ0n) is 13.9. The highest BCUT2D eigenvalue weighted by molar-refractivity contribution is 5.86. The quantitative estimate of drug-likeness (QED) is 0.841. The van der Waals surface area contributed by atoms with E-state index in [-0.39, 0.29) is 30.5 Å². The number of hydrogen-bond donors (Lipinski definition) is 0. The van der Waals surface area contributed by atoms with E-state index in [0.29, 0.717) is 17.9 Å². The molecule has 0 bridgehead atoms. The molecule has 5 rings (SSSR count). The molecule has 0 radical (unpaired) electrons. The Morgan fingerprint density at radius 3 is 2.56 bits per heavy atom. The summed E-state index contributed by atoms with van der Waals surface area (Å²) in [7, 11) is 1.65. The van der Waals surface area contributed by atoms with E-state index in [9.17, 15) is 4.79 Å². The van der Waals surface area contributed by atoms with Crippen LogP contribution in [-0.4, -0.2) is 25.8 Å². The molecule has 1 fully saturated rings. The summed E-state index contributed by atoms with van der Waals surface area (Å²) in [5.74, 6) is 3.09. The molecule has 5 heteroatoms. The van der Waals surface area contributed by atoms with Gasteiger partial charge in [0.25, 0.3) is 0 Å². The third-order valence-electron chi connectivity index (χ3n) is 5.40. The molecule has 2 aliphatic heterocycles. The van der Waals surface area contributed by atoms with Gasteiger partial charge in [-0.2, -0.15) is 0 Å². The van der Waals surface area contributed by atoms with Crippen LogP contribution in [0, 0.1) is 5.92 Å². The van der Waals surface area contributed by atoms with Crippen LogP contribution >= 0.6 is 0 Å². The number of ketones is 1. The van der Waals surface area contributed by atoms with Crippen LogP contribution in [0.4, 0.5) is 0 Å². The number of carbonyl (C=O) groups is 1. The van der Waals surface area contributed by atoms with Crippen LogP contribution in [0.5, 0.6) is 23.0 Å². The van der Waals surface area contributed by atoms with Gasteiger partial charge in [-0.1, -0.05) is 12.1 Å². The van der Waals surface area contributed by atoms with Gasteiger partial charge in [0.15, 0.2) is 11.5 Å². The first-order chi connectivity index (χ1) is 12.2. The largest absolute Gasteiger partial charge is 0.497 e. The fourth-order valence-electron chi connectivity index (χ4n) is 4.21. The zero-order chi connectivity index (χ0) is 17.0. The Morgan fingerprint density at radius 1 is 1.04 bits per heavy atom. The van der Waals surface area contributed by atoms with Crippen LogP contribution in [0.15, 0.2) is 36.4 Å². The van der Waals surface area contributed by atoms with Gasteiger partial charge in [0.1, 0.15) is 23.4 Å². The van der Waals surface area contributed by atoms with Crippen molar-refractivity contribution in [2.75, 3.05) is 13.9 Å². The van der Waals surface area contributed by atoms with Crippen LogP contribution in [0.1, 0.15) is 29.9 Å². The first kappa shape index (κ1) is 14.6. The Balaban J connectivity index is 1.66. The van der Waals surface area contributed by atoms with Crippen molar-refractivity contribution >= 4 is 5.78 Å². The van der Waals surface area contributed by atoms with Crippen LogP contribution < -0.4 is 18.9 Å². The van der Waals surface area contributed by atoms with Crippen LogP contribution in [0.25, 0.3) is 0 Å². The Kier molecular flexibility index (Phi) is 3.17. The molecule has 1 saturated carbocycles. The number of methoxy groups -OCH3 is 1. The summed E-state index contributed by atoms with van der Waals surface area (Å²) in [6, 6.07) is 11.8. The second kappa shape index (κ2) is 5.41. The molecule has 0 aromatic heterocycles. The number of fused-ring (bicyclic) bond motifs is 3. The predicted molar refractivity (Wildman–Crippen MR) is 89.5 cm³/mol. The fraction of sp³-hybridized carbons (Fsp3) is 0.350. The van der Waals surface area contributed by atoms with Crippen molar-refractivity contribution in [2.24, 2.45) is 5.92 Å². The molecule has 0 N–H and O–H groups in total. The number of benzene rings is 2. The number of rotatable bonds is 2. The van der Waals surface area contributed by atoms with E-state index in [1.54, 1.807) is 7.11 Å². The highest BCUT2D eigenvalue weighted by Crippen LogP contribution is 2.52. The van der Waals surface area contributed by atoms with E-state index in [1.807, 2.05) is 36.4 Å². The topological polar surface area (TPSA) is 54.0 Å². The zero-order valence-corrected chi connectivity index (χ0v) is 13.9. The minimum absolute atomic E-state index is 0.0378. The average molecular weight is 338 g/mol. The maximum atomic E-state index is 12.6. The lowest BCUT2D eigenvalue weighted by atomic mass is 9.76. The van der Waals surface area contributed by atoms with E-state index < -0.39 is 0 Å². The Hall–Kier alpha value is -2.69. The van der Waals surface area contributed by atoms with E-state index in [4.69, 9.17) is 18.9 Å². The molecule has 2 heterocycles. The van der Waals surface area contributed by atoms with Crippen LogP contribution in [-0.2, 0) is 4.79 Å². The Labute approximate surface area is 145 Å². The smallest absolute Gasteiger partial charge is 0.231 e. The van der Waals surface area contributed by atoms with Gasteiger partial charge in [-0.05, 0) is 30.2 Å². The van der Waals surface area contributed by atoms with Crippen molar-refractivity contribution in [1.29, 1.82) is 0 Å². The summed E-state index contributed by atoms with van der Waals surface area (Å²) < 4.78 is 22.5. The molecule has 2 aromatic rings. The van der Waals surface area contributed by atoms with Gasteiger partial charge in [0, 0.05) is 24.0 Å². The second-order valence-corrected chi connectivity index (χ2v) is 6.68. The number of Topliss-reactive ketones (excluding diaryl/α,β-unsaturated/α-hetero) is 1. The van der Waals surface area contributed by atoms with Crippen LogP contribution in [0.3, 0.4) is 0 Å². The molecule has 25 heavy (non-hydrogen) atoms. The molecule has 5 nitrogen and oxygen atoms in total. The number of ether oxygens (including phenoxy) is 4. The summed E-state index contributed by atoms with van der Waals surface area (Å²) in [4.78, 5) is 12.6. The van der Waals surface area contributed by atoms with Crippen molar-refractivity contribution in [3.8, 4) is 23.0 Å². The van der Waals surface area contributed by atoms with Gasteiger partial charge in [-0.15, -0.1) is 0 Å². The Bertz CT molecular complexity index is 842. The molecule has 0 spiro atoms. The van der Waals surface area contributed by atoms with Crippen molar-refractivity contribution in [3.63, 3.8) is 0 Å². The normalized spacial score (nSPS) is 26.0. The third kappa shape index (κ3) is 2.18. The van der Waals surface area contributed by atoms with Crippen LogP contribution in [0.2, 0.25) is 0 Å². The van der Waals surface area contributed by atoms with Gasteiger partial charge in [-0.3, -0.25) is 4.79 Å². The molecular formula is C20H18O5. The molecule has 128 valence electrons. The molecule has 3 atom stereocenters. The first-order valence-electron chi connectivity index (χ1n) is 8.51. The molecule has 0 amide bonds. The summed E-state index contributed by atoms with van der Waals surface area (Å²) in [5, 5.41) is 0. The van der Waals surface area contributed by atoms with Gasteiger partial charge >= 0.3 is 0 Å². The van der Waals surface area contributed by atoms with E-state index in [1.165, 1.54) is 0 Å². The van der Waals surface area contributed by atoms with Gasteiger partial charge < -0.3 is 18.9 Å². The Morgan fingerprint density at radius 2 is 1.80 bits per heavy atom. The van der Waals surface area contributed by atoms with E-state index in [2.05, 4.69) is 0 Å². The first-order valence-corrected chi connectivity index (χ1v) is 8.51. The number of hydrogen-bond acceptors (Lipinski definition) is 5. The van der Waals surface area contributed by atoms with Crippen molar-refractivity contribution in [1.82, 2.24) is 0 Å². The number of carbonyl (C=O) groups excluding carboxylic acids is 1. The van der Waals surface area contributed by atoms with Crippen molar-refractivity contribution in [3.05, 3.63) is 47.5 Å². The van der Waals surface area contributed by atoms with Gasteiger partial charge in [-0.25, -0.2) is 0 Å². The maximum Gasteiger partial charge on any atom is 0.231 e. The molecule has 3 aliphatic rings. The molecule has 2 aromatic carbocycles. The highest BCUT2D eigenvalue weighted by Gasteiger charge is 2.47. The van der Waals surface area contributed by atoms with Crippen molar-refractivity contribution < 1.29 is 23.7 Å². The van der Waals surface area contributed by atoms with Gasteiger partial charge in [0.2, 0.25) is 6.79 Å².